The summed E-state index contributed by atoms with van der Waals surface area (Å²) in [6.45, 7) is 3.44. The van der Waals surface area contributed by atoms with Crippen LogP contribution in [0.15, 0.2) is 60.7 Å². The molecule has 0 unspecified atom stereocenters. The molecule has 1 N–H and O–H groups in total. The van der Waals surface area contributed by atoms with Gasteiger partial charge in [0, 0.05) is 6.42 Å². The summed E-state index contributed by atoms with van der Waals surface area (Å²) in [6.07, 6.45) is -2.37. The third-order valence-electron chi connectivity index (χ3n) is 5.86. The van der Waals surface area contributed by atoms with Crippen molar-refractivity contribution in [3.63, 3.8) is 0 Å². The molecule has 0 spiro atoms. The molecule has 204 valence electrons. The van der Waals surface area contributed by atoms with Crippen molar-refractivity contribution in [2.45, 2.75) is 51.7 Å². The number of hydrogen-bond donors (Lipinski definition) is 1. The maximum atomic E-state index is 13.0. The molecular weight excluding hydrogens is 516 g/mol. The van der Waals surface area contributed by atoms with Crippen molar-refractivity contribution < 1.29 is 38.1 Å². The number of halogens is 1. The van der Waals surface area contributed by atoms with Crippen LogP contribution in [0.3, 0.4) is 0 Å². The second kappa shape index (κ2) is 14.2. The number of alkyl carbamates (subject to hydrolysis) is 1. The number of nitrogens with one attached hydrogen (secondary N) is 1. The van der Waals surface area contributed by atoms with Crippen molar-refractivity contribution >= 4 is 35.7 Å². The molecule has 2 aromatic carbocycles. The van der Waals surface area contributed by atoms with E-state index in [0.29, 0.717) is 0 Å². The van der Waals surface area contributed by atoms with Crippen LogP contribution < -0.4 is 5.32 Å². The van der Waals surface area contributed by atoms with Crippen LogP contribution in [0, 0.1) is 5.92 Å². The first-order chi connectivity index (χ1) is 18.3. The summed E-state index contributed by atoms with van der Waals surface area (Å²) in [4.78, 5) is 51.7. The van der Waals surface area contributed by atoms with E-state index in [0.717, 1.165) is 16.0 Å². The Bertz CT molecular complexity index is 1080. The molecule has 38 heavy (non-hydrogen) atoms. The number of alkyl halides is 1. The van der Waals surface area contributed by atoms with E-state index in [9.17, 15) is 19.2 Å². The van der Waals surface area contributed by atoms with Gasteiger partial charge in [0.25, 0.3) is 0 Å². The molecule has 1 heterocycles. The standard InChI is InChI=1S/C27H31ClN2O8/c1-18(2)23(29-26(33)35-15-19-9-5-3-6-10-19)25(32)38-21-13-22(24(31)37-17-28)30(14-21)27(34)36-16-20-11-7-4-8-12-20/h3-12,18,21-23H,13-17H2,1-2H3,(H,29,33)/t21-,22+,23+/m1/s1. The molecule has 1 saturated heterocycles. The third kappa shape index (κ3) is 8.37. The summed E-state index contributed by atoms with van der Waals surface area (Å²) in [5, 5.41) is 2.54. The number of carbonyl (C=O) groups is 4. The number of rotatable bonds is 10. The quantitative estimate of drug-likeness (QED) is 0.270. The van der Waals surface area contributed by atoms with E-state index in [4.69, 9.17) is 30.5 Å². The minimum absolute atomic E-state index is 0.00232. The molecule has 0 bridgehead atoms. The fraction of sp³-hybridized carbons (Fsp3) is 0.407. The van der Waals surface area contributed by atoms with Crippen molar-refractivity contribution in [2.75, 3.05) is 12.6 Å². The SMILES string of the molecule is CC(C)[C@H](NC(=O)OCc1ccccc1)C(=O)O[C@@H]1C[C@@H](C(=O)OCCl)N(C(=O)OCc2ccccc2)C1. The van der Waals surface area contributed by atoms with Crippen LogP contribution in [-0.2, 0) is 41.8 Å². The Morgan fingerprint density at radius 2 is 1.50 bits per heavy atom. The minimum Gasteiger partial charge on any atom is -0.459 e. The predicted octanol–water partition coefficient (Wildman–Crippen LogP) is 4.00. The maximum Gasteiger partial charge on any atom is 0.410 e. The molecule has 3 rings (SSSR count). The maximum absolute atomic E-state index is 13.0. The largest absolute Gasteiger partial charge is 0.459 e. The lowest BCUT2D eigenvalue weighted by atomic mass is 10.0. The fourth-order valence-electron chi connectivity index (χ4n) is 3.89. The zero-order valence-electron chi connectivity index (χ0n) is 21.2. The number of amides is 2. The zero-order valence-corrected chi connectivity index (χ0v) is 22.0. The van der Waals surface area contributed by atoms with E-state index in [1.807, 2.05) is 48.5 Å². The smallest absolute Gasteiger partial charge is 0.410 e. The average molecular weight is 547 g/mol. The lowest BCUT2D eigenvalue weighted by Crippen LogP contribution is -2.46. The summed E-state index contributed by atoms with van der Waals surface area (Å²) in [6, 6.07) is 15.7. The van der Waals surface area contributed by atoms with Gasteiger partial charge in [-0.25, -0.2) is 19.2 Å². The van der Waals surface area contributed by atoms with Gasteiger partial charge in [0.15, 0.2) is 6.07 Å². The Morgan fingerprint density at radius 3 is 2.05 bits per heavy atom. The molecule has 0 aliphatic carbocycles. The van der Waals surface area contributed by atoms with Gasteiger partial charge in [-0.3, -0.25) is 4.90 Å². The Kier molecular flexibility index (Phi) is 10.8. The highest BCUT2D eigenvalue weighted by atomic mass is 35.5. The molecule has 0 saturated carbocycles. The third-order valence-corrected chi connectivity index (χ3v) is 5.97. The van der Waals surface area contributed by atoms with Gasteiger partial charge in [-0.1, -0.05) is 86.1 Å². The summed E-state index contributed by atoms with van der Waals surface area (Å²) in [7, 11) is 0. The molecule has 11 heteroatoms. The van der Waals surface area contributed by atoms with E-state index in [1.165, 1.54) is 0 Å². The average Bonchev–Trinajstić information content (AvgIpc) is 3.34. The predicted molar refractivity (Wildman–Crippen MR) is 137 cm³/mol. The highest BCUT2D eigenvalue weighted by Gasteiger charge is 2.44. The molecule has 1 aliphatic rings. The van der Waals surface area contributed by atoms with Gasteiger partial charge in [-0.05, 0) is 17.0 Å². The molecular formula is C27H31ClN2O8. The number of carbonyl (C=O) groups excluding carboxylic acids is 4. The van der Waals surface area contributed by atoms with Crippen LogP contribution in [0.1, 0.15) is 31.4 Å². The van der Waals surface area contributed by atoms with Crippen molar-refractivity contribution in [3.05, 3.63) is 71.8 Å². The number of esters is 2. The molecule has 2 amide bonds. The summed E-state index contributed by atoms with van der Waals surface area (Å²) in [5.41, 5.74) is 1.57. The zero-order chi connectivity index (χ0) is 27.5. The second-order valence-electron chi connectivity index (χ2n) is 9.00. The number of hydrogen-bond acceptors (Lipinski definition) is 8. The fourth-order valence-corrected chi connectivity index (χ4v) is 3.99. The summed E-state index contributed by atoms with van der Waals surface area (Å²) in [5.74, 6) is -1.78. The van der Waals surface area contributed by atoms with Gasteiger partial charge in [-0.15, -0.1) is 0 Å². The van der Waals surface area contributed by atoms with Crippen LogP contribution in [0.25, 0.3) is 0 Å². The van der Waals surface area contributed by atoms with E-state index >= 15 is 0 Å². The summed E-state index contributed by atoms with van der Waals surface area (Å²) < 4.78 is 21.1. The van der Waals surface area contributed by atoms with Crippen LogP contribution in [0.5, 0.6) is 0 Å². The normalized spacial score (nSPS) is 17.4. The van der Waals surface area contributed by atoms with E-state index < -0.39 is 48.4 Å². The van der Waals surface area contributed by atoms with Gasteiger partial charge in [0.05, 0.1) is 6.54 Å². The van der Waals surface area contributed by atoms with Crippen LogP contribution in [0.2, 0.25) is 0 Å². The van der Waals surface area contributed by atoms with Crippen LogP contribution in [0.4, 0.5) is 9.59 Å². The highest BCUT2D eigenvalue weighted by Crippen LogP contribution is 2.24. The monoisotopic (exact) mass is 546 g/mol. The Balaban J connectivity index is 1.59. The van der Waals surface area contributed by atoms with Gasteiger partial charge in [-0.2, -0.15) is 0 Å². The summed E-state index contributed by atoms with van der Waals surface area (Å²) >= 11 is 5.54. The first-order valence-corrected chi connectivity index (χ1v) is 12.7. The molecule has 1 aliphatic heterocycles. The molecule has 0 aromatic heterocycles. The van der Waals surface area contributed by atoms with Gasteiger partial charge in [0.2, 0.25) is 0 Å². The van der Waals surface area contributed by atoms with Gasteiger partial charge in [0.1, 0.15) is 31.4 Å². The minimum atomic E-state index is -1.05. The first-order valence-electron chi connectivity index (χ1n) is 12.2. The molecule has 10 nitrogen and oxygen atoms in total. The van der Waals surface area contributed by atoms with Crippen molar-refractivity contribution in [1.29, 1.82) is 0 Å². The number of nitrogens with zero attached hydrogens (tertiary/aromatic N) is 1. The van der Waals surface area contributed by atoms with Crippen molar-refractivity contribution in [3.8, 4) is 0 Å². The highest BCUT2D eigenvalue weighted by molar-refractivity contribution is 6.17. The van der Waals surface area contributed by atoms with Gasteiger partial charge < -0.3 is 24.3 Å². The molecule has 0 radical (unpaired) electrons. The van der Waals surface area contributed by atoms with Crippen LogP contribution in [-0.4, -0.2) is 59.8 Å². The number of benzene rings is 2. The number of ether oxygens (including phenoxy) is 4. The van der Waals surface area contributed by atoms with Gasteiger partial charge >= 0.3 is 24.1 Å². The molecule has 3 atom stereocenters. The van der Waals surface area contributed by atoms with Crippen molar-refractivity contribution in [2.24, 2.45) is 5.92 Å². The van der Waals surface area contributed by atoms with E-state index in [1.54, 1.807) is 26.0 Å². The Hall–Kier alpha value is -3.79. The lowest BCUT2D eigenvalue weighted by Gasteiger charge is -2.23. The van der Waals surface area contributed by atoms with Crippen LogP contribution >= 0.6 is 11.6 Å². The Morgan fingerprint density at radius 1 is 0.921 bits per heavy atom. The Labute approximate surface area is 226 Å². The lowest BCUT2D eigenvalue weighted by molar-refractivity contribution is -0.153. The van der Waals surface area contributed by atoms with E-state index in [-0.39, 0.29) is 32.1 Å². The number of likely N-dealkylation sites (tertiary alicyclic amines) is 1. The first kappa shape index (κ1) is 28.8. The topological polar surface area (TPSA) is 120 Å². The molecule has 2 aromatic rings. The van der Waals surface area contributed by atoms with E-state index in [2.05, 4.69) is 5.32 Å². The molecule has 1 fully saturated rings. The second-order valence-corrected chi connectivity index (χ2v) is 9.22. The van der Waals surface area contributed by atoms with Crippen molar-refractivity contribution in [1.82, 2.24) is 10.2 Å².